The van der Waals surface area contributed by atoms with E-state index in [9.17, 15) is 0 Å². The summed E-state index contributed by atoms with van der Waals surface area (Å²) in [6.07, 6.45) is 14.4. The van der Waals surface area contributed by atoms with E-state index in [4.69, 9.17) is 74.5 Å². The van der Waals surface area contributed by atoms with Crippen LogP contribution in [-0.4, -0.2) is 56.3 Å². The van der Waals surface area contributed by atoms with Crippen LogP contribution in [0.25, 0.3) is 87.2 Å². The van der Waals surface area contributed by atoms with Crippen LogP contribution in [0.2, 0.25) is 0 Å². The van der Waals surface area contributed by atoms with Crippen molar-refractivity contribution in [1.82, 2.24) is 39.9 Å². The largest absolute Gasteiger partial charge is 2.00 e. The molecule has 0 bridgehead atoms. The quantitative estimate of drug-likeness (QED) is 0.100. The summed E-state index contributed by atoms with van der Waals surface area (Å²) in [5, 5.41) is 9.10. The van der Waals surface area contributed by atoms with Crippen LogP contribution in [0, 0.1) is 41.0 Å². The van der Waals surface area contributed by atoms with Crippen LogP contribution < -0.4 is 74.5 Å². The van der Waals surface area contributed by atoms with E-state index in [-0.39, 0.29) is 50.6 Å². The molecule has 0 fully saturated rings. The zero-order chi connectivity index (χ0) is 55.5. The van der Waals surface area contributed by atoms with Crippen molar-refractivity contribution in [3.8, 4) is 0 Å². The Balaban J connectivity index is 0.000000933. The van der Waals surface area contributed by atoms with Crippen LogP contribution in [0.15, 0.2) is 195 Å². The Bertz CT molecular complexity index is 3070. The molecule has 0 aliphatic rings. The van der Waals surface area contributed by atoms with E-state index in [0.29, 0.717) is 0 Å². The molecule has 0 spiro atoms. The molecule has 0 saturated heterocycles. The zero-order valence-corrected chi connectivity index (χ0v) is 45.5. The summed E-state index contributed by atoms with van der Waals surface area (Å²) in [6.45, 7) is 0. The molecule has 12 aromatic rings. The number of rotatable bonds is 0. The molecule has 0 radical (unpaired) electrons. The van der Waals surface area contributed by atoms with Crippen molar-refractivity contribution in [2.45, 2.75) is 0 Å². The first kappa shape index (κ1) is 74.6. The summed E-state index contributed by atoms with van der Waals surface area (Å²) in [7, 11) is -19.8. The monoisotopic (exact) mass is 1280 g/mol. The molecular formula is C48H38Cl4Fe2N8O19. The number of nitrogens with zero attached hydrogens (tertiary/aromatic N) is 8. The topological polar surface area (TPSA) is 567 Å². The van der Waals surface area contributed by atoms with Crippen molar-refractivity contribution in [2.75, 3.05) is 0 Å². The van der Waals surface area contributed by atoms with Gasteiger partial charge in [0.2, 0.25) is 0 Å². The Labute approximate surface area is 485 Å². The van der Waals surface area contributed by atoms with Crippen LogP contribution in [0.5, 0.6) is 0 Å². The number of fused-ring (bicyclic) bond motifs is 12. The van der Waals surface area contributed by atoms with Crippen molar-refractivity contribution in [3.63, 3.8) is 0 Å². The fraction of sp³-hybridized carbons (Fsp3) is 0. The molecule has 0 atom stereocenters. The van der Waals surface area contributed by atoms with E-state index in [0.717, 1.165) is 87.2 Å². The van der Waals surface area contributed by atoms with Gasteiger partial charge in [0, 0.05) is 92.7 Å². The number of aromatic nitrogens is 8. The predicted octanol–water partition coefficient (Wildman–Crippen LogP) is -10.4. The summed E-state index contributed by atoms with van der Waals surface area (Å²) >= 11 is 0. The molecule has 0 aliphatic heterocycles. The Kier molecular flexibility index (Phi) is 32.0. The molecule has 0 amide bonds. The molecule has 428 valence electrons. The van der Waals surface area contributed by atoms with Crippen molar-refractivity contribution in [1.29, 1.82) is 0 Å². The van der Waals surface area contributed by atoms with E-state index < -0.39 is 41.0 Å². The molecule has 8 heterocycles. The fourth-order valence-electron chi connectivity index (χ4n) is 6.72. The Morgan fingerprint density at radius 3 is 0.358 bits per heavy atom. The van der Waals surface area contributed by atoms with Crippen LogP contribution in [-0.2, 0) is 34.1 Å². The third-order valence-electron chi connectivity index (χ3n) is 9.38. The molecule has 12 rings (SSSR count). The molecule has 8 aromatic heterocycles. The summed E-state index contributed by atoms with van der Waals surface area (Å²) in [5.74, 6) is 0. The van der Waals surface area contributed by atoms with Crippen LogP contribution in [0.4, 0.5) is 0 Å². The van der Waals surface area contributed by atoms with Crippen LogP contribution in [0.1, 0.15) is 0 Å². The second-order valence-electron chi connectivity index (χ2n) is 14.4. The normalized spacial score (nSPS) is 10.5. The molecule has 33 heteroatoms. The maximum absolute atomic E-state index is 8.49. The number of pyridine rings is 8. The zero-order valence-electron chi connectivity index (χ0n) is 40.3. The average Bonchev–Trinajstić information content (AvgIpc) is 3.37. The van der Waals surface area contributed by atoms with Gasteiger partial charge < -0.3 is 16.4 Å². The summed E-state index contributed by atoms with van der Waals surface area (Å²) < 4.78 is 136. The smallest absolute Gasteiger partial charge is 0.412 e. The summed E-state index contributed by atoms with van der Waals surface area (Å²) in [6, 6.07) is 48.6. The van der Waals surface area contributed by atoms with Gasteiger partial charge in [-0.2, -0.15) is 0 Å². The van der Waals surface area contributed by atoms with Crippen LogP contribution in [0.3, 0.4) is 0 Å². The van der Waals surface area contributed by atoms with Gasteiger partial charge in [0.15, 0.2) is 0 Å². The maximum atomic E-state index is 8.49. The predicted molar refractivity (Wildman–Crippen MR) is 239 cm³/mol. The molecule has 0 unspecified atom stereocenters. The summed E-state index contributed by atoms with van der Waals surface area (Å²) in [5.41, 5.74) is 7.82. The molecule has 6 N–H and O–H groups in total. The third-order valence-corrected chi connectivity index (χ3v) is 9.38. The first-order valence-electron chi connectivity index (χ1n) is 20.6. The standard InChI is InChI=1S/4C12H8N2.4ClHO4.2Fe.3H2O/c4*1-3-9-5-6-10-4-2-8-14-12(10)11(9)13-7-1;4*2-1(3,4)5;;;;;/h4*1-8H;4*(H,2,3,4,5);;;3*1H2/q;;;;;;;;2*+2;;;/p-4. The molecule has 27 nitrogen and oxygen atoms in total. The molecule has 4 aromatic carbocycles. The Morgan fingerprint density at radius 2 is 0.272 bits per heavy atom. The maximum Gasteiger partial charge on any atom is 2.00 e. The minimum absolute atomic E-state index is 0. The van der Waals surface area contributed by atoms with Crippen molar-refractivity contribution < 1.29 is 166 Å². The molecule has 81 heavy (non-hydrogen) atoms. The van der Waals surface area contributed by atoms with Gasteiger partial charge in [0.05, 0.1) is 44.1 Å². The van der Waals surface area contributed by atoms with E-state index in [1.807, 2.05) is 48.5 Å². The van der Waals surface area contributed by atoms with Gasteiger partial charge in [0.1, 0.15) is 0 Å². The minimum Gasteiger partial charge on any atom is -0.412 e. The third kappa shape index (κ3) is 27.3. The van der Waals surface area contributed by atoms with Gasteiger partial charge in [-0.15, -0.1) is 41.0 Å². The van der Waals surface area contributed by atoms with Gasteiger partial charge in [-0.3, -0.25) is 39.9 Å². The Morgan fingerprint density at radius 1 is 0.185 bits per heavy atom. The van der Waals surface area contributed by atoms with E-state index in [1.54, 1.807) is 49.6 Å². The van der Waals surface area contributed by atoms with Crippen molar-refractivity contribution in [2.24, 2.45) is 0 Å². The van der Waals surface area contributed by atoms with Crippen molar-refractivity contribution in [3.05, 3.63) is 195 Å². The minimum atomic E-state index is -4.94. The van der Waals surface area contributed by atoms with Gasteiger partial charge in [-0.25, -0.2) is 74.5 Å². The Hall–Kier alpha value is -6.40. The van der Waals surface area contributed by atoms with E-state index >= 15 is 0 Å². The molecular weight excluding hydrogens is 1250 g/mol. The van der Waals surface area contributed by atoms with Gasteiger partial charge in [-0.05, 0) is 48.5 Å². The van der Waals surface area contributed by atoms with E-state index in [1.165, 1.54) is 0 Å². The van der Waals surface area contributed by atoms with Gasteiger partial charge in [-0.1, -0.05) is 97.1 Å². The number of hydrogen-bond donors (Lipinski definition) is 0. The number of halogens is 4. The van der Waals surface area contributed by atoms with Crippen molar-refractivity contribution >= 4 is 87.2 Å². The van der Waals surface area contributed by atoms with E-state index in [2.05, 4.69) is 137 Å². The molecule has 0 saturated carbocycles. The van der Waals surface area contributed by atoms with Crippen LogP contribution >= 0.6 is 0 Å². The average molecular weight is 1280 g/mol. The first-order valence-corrected chi connectivity index (χ1v) is 25.5. The SMILES string of the molecule is O.O.O.[Fe+2].[Fe+2].[O-][Cl+3]([O-])([O-])[O-].[O-][Cl+3]([O-])([O-])[O-].[O-][Cl+3]([O-])([O-])[O-].[O-][Cl+3]([O-])([O-])[O-].c1cnc2c(c1)ccc1cccnc12.c1cnc2c(c1)ccc1cccnc12.c1cnc2c(c1)ccc1cccnc12.c1cnc2c(c1)ccc1cccnc12. The van der Waals surface area contributed by atoms with Gasteiger partial charge >= 0.3 is 34.1 Å². The number of hydrogen-bond acceptors (Lipinski definition) is 24. The fourth-order valence-corrected chi connectivity index (χ4v) is 6.72. The summed E-state index contributed by atoms with van der Waals surface area (Å²) in [4.78, 5) is 34.8. The van der Waals surface area contributed by atoms with Gasteiger partial charge in [0.25, 0.3) is 0 Å². The first-order chi connectivity index (χ1) is 35.8. The second-order valence-corrected chi connectivity index (χ2v) is 17.4. The number of benzene rings is 4. The molecule has 0 aliphatic carbocycles. The second kappa shape index (κ2) is 34.8.